The topological polar surface area (TPSA) is 65.4 Å². The van der Waals surface area contributed by atoms with Crippen molar-refractivity contribution in [3.8, 4) is 0 Å². The van der Waals surface area contributed by atoms with E-state index in [0.717, 1.165) is 38.4 Å². The number of nitrogens with zero attached hydrogens (tertiary/aromatic N) is 5. The molecule has 2 aromatic heterocycles. The fraction of sp³-hybridized carbons (Fsp3) is 0.478. The second-order valence-corrected chi connectivity index (χ2v) is 8.66. The van der Waals surface area contributed by atoms with Crippen LogP contribution in [0.25, 0.3) is 0 Å². The fourth-order valence-corrected chi connectivity index (χ4v) is 4.63. The minimum absolute atomic E-state index is 0.329. The standard InChI is InChI=1S/C23H31N7/c1-19(2)22(23-25-26-27-30(23)12-10-20-7-4-3-5-8-20)29-15-13-28(14-16-29)18-21-9-6-11-24-17-21/h3-9,11,17,19,22H,10,12-16,18H2,1-2H3/p+2/t22-/m1/s1. The molecule has 0 amide bonds. The Morgan fingerprint density at radius 2 is 1.73 bits per heavy atom. The van der Waals surface area contributed by atoms with E-state index < -0.39 is 0 Å². The molecule has 3 heterocycles. The molecule has 0 saturated carbocycles. The molecule has 7 nitrogen and oxygen atoms in total. The van der Waals surface area contributed by atoms with E-state index >= 15 is 0 Å². The summed E-state index contributed by atoms with van der Waals surface area (Å²) >= 11 is 0. The minimum Gasteiger partial charge on any atom is -0.322 e. The Bertz CT molecular complexity index is 886. The van der Waals surface area contributed by atoms with E-state index in [4.69, 9.17) is 0 Å². The number of hydrogen-bond acceptors (Lipinski definition) is 4. The zero-order chi connectivity index (χ0) is 20.8. The Balaban J connectivity index is 1.39. The van der Waals surface area contributed by atoms with Crippen LogP contribution in [-0.2, 0) is 19.5 Å². The Morgan fingerprint density at radius 1 is 0.967 bits per heavy atom. The van der Waals surface area contributed by atoms with Gasteiger partial charge in [0.2, 0.25) is 5.82 Å². The molecule has 1 fully saturated rings. The predicted molar refractivity (Wildman–Crippen MR) is 115 cm³/mol. The van der Waals surface area contributed by atoms with E-state index in [9.17, 15) is 0 Å². The molecule has 1 aliphatic rings. The van der Waals surface area contributed by atoms with E-state index in [2.05, 4.69) is 70.8 Å². The quantitative estimate of drug-likeness (QED) is 0.551. The number of pyridine rings is 1. The zero-order valence-corrected chi connectivity index (χ0v) is 18.0. The van der Waals surface area contributed by atoms with Gasteiger partial charge >= 0.3 is 0 Å². The first kappa shape index (κ1) is 20.6. The summed E-state index contributed by atoms with van der Waals surface area (Å²) in [5, 5.41) is 12.8. The number of aromatic nitrogens is 5. The summed E-state index contributed by atoms with van der Waals surface area (Å²) in [6, 6.07) is 15.1. The molecule has 0 unspecified atom stereocenters. The Hall–Kier alpha value is -2.64. The Kier molecular flexibility index (Phi) is 6.81. The lowest BCUT2D eigenvalue weighted by molar-refractivity contribution is -1.03. The molecule has 0 aliphatic carbocycles. The lowest BCUT2D eigenvalue weighted by Gasteiger charge is -2.35. The number of aryl methyl sites for hydroxylation is 2. The van der Waals surface area contributed by atoms with Gasteiger partial charge in [0, 0.05) is 30.4 Å². The second kappa shape index (κ2) is 9.91. The molecule has 1 aliphatic heterocycles. The van der Waals surface area contributed by atoms with E-state index in [1.807, 2.05) is 23.1 Å². The second-order valence-electron chi connectivity index (χ2n) is 8.66. The van der Waals surface area contributed by atoms with Crippen molar-refractivity contribution in [2.24, 2.45) is 5.92 Å². The van der Waals surface area contributed by atoms with Crippen LogP contribution in [0.15, 0.2) is 54.9 Å². The average Bonchev–Trinajstić information content (AvgIpc) is 3.23. The third-order valence-corrected chi connectivity index (χ3v) is 6.18. The van der Waals surface area contributed by atoms with Crippen LogP contribution in [0.4, 0.5) is 0 Å². The molecule has 158 valence electrons. The molecule has 4 rings (SSSR count). The van der Waals surface area contributed by atoms with Crippen molar-refractivity contribution in [3.63, 3.8) is 0 Å². The number of benzene rings is 1. The van der Waals surface area contributed by atoms with Gasteiger partial charge in [-0.25, -0.2) is 4.68 Å². The van der Waals surface area contributed by atoms with Crippen molar-refractivity contribution >= 4 is 0 Å². The third kappa shape index (κ3) is 5.09. The highest BCUT2D eigenvalue weighted by molar-refractivity contribution is 5.14. The lowest BCUT2D eigenvalue weighted by atomic mass is 10.0. The van der Waals surface area contributed by atoms with Gasteiger partial charge < -0.3 is 9.80 Å². The third-order valence-electron chi connectivity index (χ3n) is 6.18. The van der Waals surface area contributed by atoms with Crippen LogP contribution in [0, 0.1) is 5.92 Å². The van der Waals surface area contributed by atoms with Crippen molar-refractivity contribution in [1.29, 1.82) is 0 Å². The molecule has 0 spiro atoms. The fourth-order valence-electron chi connectivity index (χ4n) is 4.63. The summed E-state index contributed by atoms with van der Waals surface area (Å²) < 4.78 is 2.03. The number of piperazine rings is 1. The van der Waals surface area contributed by atoms with Gasteiger partial charge in [0.1, 0.15) is 32.7 Å². The van der Waals surface area contributed by atoms with E-state index in [-0.39, 0.29) is 0 Å². The first-order valence-electron chi connectivity index (χ1n) is 11.1. The van der Waals surface area contributed by atoms with Gasteiger partial charge in [-0.1, -0.05) is 50.2 Å². The molecular weight excluding hydrogens is 374 g/mol. The van der Waals surface area contributed by atoms with Crippen LogP contribution in [-0.4, -0.2) is 51.4 Å². The van der Waals surface area contributed by atoms with Gasteiger partial charge in [0.25, 0.3) is 0 Å². The molecule has 0 radical (unpaired) electrons. The van der Waals surface area contributed by atoms with Crippen LogP contribution in [0.2, 0.25) is 0 Å². The van der Waals surface area contributed by atoms with Crippen LogP contribution in [0.5, 0.6) is 0 Å². The minimum atomic E-state index is 0.329. The molecule has 7 heteroatoms. The molecule has 1 aromatic carbocycles. The normalized spacial score (nSPS) is 20.4. The van der Waals surface area contributed by atoms with Crippen LogP contribution in [0.3, 0.4) is 0 Å². The van der Waals surface area contributed by atoms with Gasteiger partial charge in [-0.05, 0) is 28.5 Å². The summed E-state index contributed by atoms with van der Waals surface area (Å²) in [6.07, 6.45) is 4.78. The van der Waals surface area contributed by atoms with E-state index in [1.54, 1.807) is 9.80 Å². The van der Waals surface area contributed by atoms with E-state index in [0.29, 0.717) is 12.0 Å². The smallest absolute Gasteiger partial charge is 0.209 e. The lowest BCUT2D eigenvalue weighted by Crippen LogP contribution is -3.27. The summed E-state index contributed by atoms with van der Waals surface area (Å²) in [6.45, 7) is 11.1. The van der Waals surface area contributed by atoms with Crippen molar-refractivity contribution in [2.75, 3.05) is 26.2 Å². The van der Waals surface area contributed by atoms with Crippen LogP contribution < -0.4 is 9.80 Å². The number of tetrazole rings is 1. The van der Waals surface area contributed by atoms with Crippen molar-refractivity contribution < 1.29 is 9.80 Å². The molecule has 1 saturated heterocycles. The number of nitrogens with one attached hydrogen (secondary N) is 2. The maximum absolute atomic E-state index is 4.48. The number of rotatable bonds is 8. The van der Waals surface area contributed by atoms with Crippen LogP contribution in [0.1, 0.15) is 36.8 Å². The van der Waals surface area contributed by atoms with Crippen molar-refractivity contribution in [1.82, 2.24) is 25.2 Å². The molecule has 2 N–H and O–H groups in total. The number of hydrogen-bond donors (Lipinski definition) is 2. The van der Waals surface area contributed by atoms with Crippen molar-refractivity contribution in [3.05, 3.63) is 71.8 Å². The predicted octanol–water partition coefficient (Wildman–Crippen LogP) is -0.00850. The monoisotopic (exact) mass is 407 g/mol. The zero-order valence-electron chi connectivity index (χ0n) is 18.0. The van der Waals surface area contributed by atoms with Gasteiger partial charge in [-0.15, -0.1) is 5.10 Å². The highest BCUT2D eigenvalue weighted by atomic mass is 15.6. The van der Waals surface area contributed by atoms with Gasteiger partial charge in [0.15, 0.2) is 6.04 Å². The largest absolute Gasteiger partial charge is 0.322 e. The van der Waals surface area contributed by atoms with Gasteiger partial charge in [0.05, 0.1) is 0 Å². The summed E-state index contributed by atoms with van der Waals surface area (Å²) in [5.41, 5.74) is 2.64. The molecule has 3 aromatic rings. The highest BCUT2D eigenvalue weighted by Gasteiger charge is 2.36. The maximum Gasteiger partial charge on any atom is 0.209 e. The highest BCUT2D eigenvalue weighted by Crippen LogP contribution is 2.16. The van der Waals surface area contributed by atoms with Crippen LogP contribution >= 0.6 is 0 Å². The Morgan fingerprint density at radius 3 is 2.43 bits per heavy atom. The van der Waals surface area contributed by atoms with Gasteiger partial charge in [-0.3, -0.25) is 4.98 Å². The summed E-state index contributed by atoms with van der Waals surface area (Å²) in [5.74, 6) is 1.52. The average molecular weight is 408 g/mol. The molecule has 1 atom stereocenters. The molecular formula is C23H33N7+2. The Labute approximate surface area is 178 Å². The SMILES string of the molecule is CC(C)[C@H](c1nnnn1CCc1ccccc1)[NH+]1CC[NH+](Cc2cccnc2)CC1. The first-order chi connectivity index (χ1) is 14.7. The maximum atomic E-state index is 4.48. The number of quaternary nitrogens is 2. The van der Waals surface area contributed by atoms with Gasteiger partial charge in [-0.2, -0.15) is 0 Å². The van der Waals surface area contributed by atoms with E-state index in [1.165, 1.54) is 24.2 Å². The summed E-state index contributed by atoms with van der Waals surface area (Å²) in [7, 11) is 0. The molecule has 0 bridgehead atoms. The summed E-state index contributed by atoms with van der Waals surface area (Å²) in [4.78, 5) is 7.50. The van der Waals surface area contributed by atoms with Crippen molar-refractivity contribution in [2.45, 2.75) is 39.4 Å². The first-order valence-corrected chi connectivity index (χ1v) is 11.1. The molecule has 30 heavy (non-hydrogen) atoms.